The fourth-order valence-electron chi connectivity index (χ4n) is 3.00. The van der Waals surface area contributed by atoms with E-state index in [-0.39, 0.29) is 23.7 Å². The summed E-state index contributed by atoms with van der Waals surface area (Å²) in [7, 11) is 2.44. The van der Waals surface area contributed by atoms with Crippen LogP contribution in [0.1, 0.15) is 16.1 Å². The number of ether oxygens (including phenoxy) is 2. The van der Waals surface area contributed by atoms with Crippen molar-refractivity contribution in [2.75, 3.05) is 19.1 Å². The van der Waals surface area contributed by atoms with Gasteiger partial charge in [-0.1, -0.05) is 24.3 Å². The highest BCUT2D eigenvalue weighted by atomic mass is 16.5. The van der Waals surface area contributed by atoms with E-state index in [1.165, 1.54) is 25.2 Å². The molecule has 0 spiro atoms. The molecule has 0 bridgehead atoms. The predicted molar refractivity (Wildman–Crippen MR) is 114 cm³/mol. The maximum atomic E-state index is 13.0. The Morgan fingerprint density at radius 2 is 1.71 bits per heavy atom. The molecular weight excluding hydrogens is 398 g/mol. The van der Waals surface area contributed by atoms with E-state index in [0.29, 0.717) is 16.9 Å². The van der Waals surface area contributed by atoms with Gasteiger partial charge >= 0.3 is 11.9 Å². The van der Waals surface area contributed by atoms with Crippen LogP contribution in [0.3, 0.4) is 0 Å². The van der Waals surface area contributed by atoms with Crippen LogP contribution in [-0.4, -0.2) is 37.0 Å². The van der Waals surface area contributed by atoms with Crippen molar-refractivity contribution >= 4 is 23.5 Å². The van der Waals surface area contributed by atoms with Crippen molar-refractivity contribution in [2.45, 2.75) is 6.54 Å². The number of amides is 1. The molecule has 1 aliphatic heterocycles. The Morgan fingerprint density at radius 3 is 2.42 bits per heavy atom. The minimum atomic E-state index is -0.750. The van der Waals surface area contributed by atoms with Crippen LogP contribution < -0.4 is 10.2 Å². The second kappa shape index (κ2) is 10.0. The summed E-state index contributed by atoms with van der Waals surface area (Å²) in [6, 6.07) is 12.2. The van der Waals surface area contributed by atoms with Crippen molar-refractivity contribution in [2.24, 2.45) is 0 Å². The topological polar surface area (TPSA) is 97.8 Å². The monoisotopic (exact) mass is 419 g/mol. The summed E-state index contributed by atoms with van der Waals surface area (Å²) in [4.78, 5) is 43.5. The number of hydrogen-bond acceptors (Lipinski definition) is 7. The van der Waals surface area contributed by atoms with E-state index in [2.05, 4.69) is 10.3 Å². The molecule has 3 rings (SSSR count). The van der Waals surface area contributed by atoms with Gasteiger partial charge in [0.05, 0.1) is 43.3 Å². The summed E-state index contributed by atoms with van der Waals surface area (Å²) in [5, 5.41) is 2.82. The summed E-state index contributed by atoms with van der Waals surface area (Å²) in [6.07, 6.45) is 7.91. The molecule has 1 aromatic carbocycles. The molecule has 0 fully saturated rings. The summed E-state index contributed by atoms with van der Waals surface area (Å²) >= 11 is 0. The first-order valence-corrected chi connectivity index (χ1v) is 9.39. The molecule has 0 radical (unpaired) electrons. The minimum absolute atomic E-state index is 0.00282. The molecule has 2 heterocycles. The van der Waals surface area contributed by atoms with Gasteiger partial charge in [0.15, 0.2) is 0 Å². The third-order valence-corrected chi connectivity index (χ3v) is 4.45. The van der Waals surface area contributed by atoms with Crippen LogP contribution in [0.15, 0.2) is 84.4 Å². The lowest BCUT2D eigenvalue weighted by Gasteiger charge is -2.25. The second-order valence-electron chi connectivity index (χ2n) is 6.34. The van der Waals surface area contributed by atoms with E-state index in [0.717, 1.165) is 0 Å². The highest BCUT2D eigenvalue weighted by Crippen LogP contribution is 2.29. The summed E-state index contributed by atoms with van der Waals surface area (Å²) in [5.41, 5.74) is 1.33. The van der Waals surface area contributed by atoms with Crippen LogP contribution in [0.2, 0.25) is 0 Å². The number of carbonyl (C=O) groups is 3. The number of methoxy groups -OCH3 is 2. The maximum Gasteiger partial charge on any atom is 0.355 e. The van der Waals surface area contributed by atoms with E-state index >= 15 is 0 Å². The summed E-state index contributed by atoms with van der Waals surface area (Å²) in [5.74, 6) is -1.82. The maximum absolute atomic E-state index is 13.0. The number of carbonyl (C=O) groups excluding carboxylic acids is 3. The van der Waals surface area contributed by atoms with Gasteiger partial charge in [0.25, 0.3) is 5.91 Å². The minimum Gasteiger partial charge on any atom is -0.465 e. The summed E-state index contributed by atoms with van der Waals surface area (Å²) < 4.78 is 9.73. The molecule has 0 unspecified atom stereocenters. The average molecular weight is 419 g/mol. The number of hydrogen-bond donors (Lipinski definition) is 1. The van der Waals surface area contributed by atoms with Crippen molar-refractivity contribution in [3.8, 4) is 0 Å². The Bertz CT molecular complexity index is 1070. The van der Waals surface area contributed by atoms with Crippen molar-refractivity contribution in [1.29, 1.82) is 0 Å². The van der Waals surface area contributed by atoms with Gasteiger partial charge in [0, 0.05) is 12.4 Å². The Labute approximate surface area is 179 Å². The molecule has 1 aliphatic rings. The molecule has 0 saturated heterocycles. The third-order valence-electron chi connectivity index (χ3n) is 4.45. The zero-order chi connectivity index (χ0) is 22.2. The van der Waals surface area contributed by atoms with Crippen LogP contribution in [0, 0.1) is 0 Å². The SMILES string of the molecule is COC(=O)C1=C(C(=O)OC)N(c2ccccc2C(=O)NCc2ccccn2)C=CC=C1. The van der Waals surface area contributed by atoms with E-state index in [4.69, 9.17) is 9.47 Å². The molecule has 1 N–H and O–H groups in total. The Hall–Kier alpha value is -4.20. The fraction of sp³-hybridized carbons (Fsp3) is 0.130. The smallest absolute Gasteiger partial charge is 0.355 e. The van der Waals surface area contributed by atoms with E-state index in [1.54, 1.807) is 60.9 Å². The Kier molecular flexibility index (Phi) is 6.95. The molecule has 8 heteroatoms. The van der Waals surface area contributed by atoms with E-state index in [9.17, 15) is 14.4 Å². The van der Waals surface area contributed by atoms with Crippen molar-refractivity contribution in [1.82, 2.24) is 10.3 Å². The molecule has 31 heavy (non-hydrogen) atoms. The van der Waals surface area contributed by atoms with Crippen LogP contribution >= 0.6 is 0 Å². The normalized spacial score (nSPS) is 12.9. The standard InChI is InChI=1S/C23H21N3O5/c1-30-22(28)18-11-6-8-14-26(20(18)23(29)31-2)19-12-4-3-10-17(19)21(27)25-15-16-9-5-7-13-24-16/h3-14H,15H2,1-2H3,(H,25,27). The molecule has 8 nitrogen and oxygen atoms in total. The number of anilines is 1. The third kappa shape index (κ3) is 4.87. The van der Waals surface area contributed by atoms with E-state index in [1.807, 2.05) is 6.07 Å². The lowest BCUT2D eigenvalue weighted by molar-refractivity contribution is -0.139. The molecule has 0 atom stereocenters. The van der Waals surface area contributed by atoms with Crippen LogP contribution in [0.5, 0.6) is 0 Å². The fourth-order valence-corrected chi connectivity index (χ4v) is 3.00. The van der Waals surface area contributed by atoms with Crippen LogP contribution in [0.25, 0.3) is 0 Å². The number of aromatic nitrogens is 1. The van der Waals surface area contributed by atoms with Crippen molar-refractivity contribution < 1.29 is 23.9 Å². The van der Waals surface area contributed by atoms with Crippen LogP contribution in [0.4, 0.5) is 5.69 Å². The largest absolute Gasteiger partial charge is 0.465 e. The number of allylic oxidation sites excluding steroid dienone is 2. The highest BCUT2D eigenvalue weighted by Gasteiger charge is 2.29. The number of pyridine rings is 1. The van der Waals surface area contributed by atoms with Gasteiger partial charge in [0.2, 0.25) is 0 Å². The number of rotatable bonds is 6. The molecule has 1 aromatic heterocycles. The van der Waals surface area contributed by atoms with Crippen LogP contribution in [-0.2, 0) is 25.6 Å². The highest BCUT2D eigenvalue weighted by molar-refractivity contribution is 6.07. The first-order valence-electron chi connectivity index (χ1n) is 9.39. The molecule has 158 valence electrons. The second-order valence-corrected chi connectivity index (χ2v) is 6.34. The molecule has 0 aliphatic carbocycles. The lowest BCUT2D eigenvalue weighted by Crippen LogP contribution is -2.30. The quantitative estimate of drug-likeness (QED) is 0.719. The van der Waals surface area contributed by atoms with Gasteiger partial charge in [-0.25, -0.2) is 9.59 Å². The van der Waals surface area contributed by atoms with Gasteiger partial charge < -0.3 is 19.7 Å². The number of esters is 2. The van der Waals surface area contributed by atoms with E-state index < -0.39 is 11.9 Å². The zero-order valence-electron chi connectivity index (χ0n) is 17.1. The van der Waals surface area contributed by atoms with Crippen molar-refractivity contribution in [3.05, 3.63) is 95.6 Å². The van der Waals surface area contributed by atoms with Gasteiger partial charge in [-0.05, 0) is 36.4 Å². The number of para-hydroxylation sites is 1. The Morgan fingerprint density at radius 1 is 0.968 bits per heavy atom. The van der Waals surface area contributed by atoms with Crippen molar-refractivity contribution in [3.63, 3.8) is 0 Å². The molecular formula is C23H21N3O5. The molecule has 1 amide bonds. The number of benzene rings is 1. The van der Waals surface area contributed by atoms with Gasteiger partial charge in [0.1, 0.15) is 5.70 Å². The van der Waals surface area contributed by atoms with Gasteiger partial charge in [-0.3, -0.25) is 9.78 Å². The first-order chi connectivity index (χ1) is 15.1. The first kappa shape index (κ1) is 21.5. The predicted octanol–water partition coefficient (Wildman–Crippen LogP) is 2.50. The molecule has 2 aromatic rings. The zero-order valence-corrected chi connectivity index (χ0v) is 17.1. The Balaban J connectivity index is 2.02. The number of nitrogens with one attached hydrogen (secondary N) is 1. The molecule has 0 saturated carbocycles. The lowest BCUT2D eigenvalue weighted by atomic mass is 10.1. The average Bonchev–Trinajstić information content (AvgIpc) is 3.05. The number of nitrogens with zero attached hydrogens (tertiary/aromatic N) is 2. The summed E-state index contributed by atoms with van der Waals surface area (Å²) in [6.45, 7) is 0.235. The van der Waals surface area contributed by atoms with Gasteiger partial charge in [-0.15, -0.1) is 0 Å². The van der Waals surface area contributed by atoms with Gasteiger partial charge in [-0.2, -0.15) is 0 Å².